The lowest BCUT2D eigenvalue weighted by atomic mass is 10.1. The summed E-state index contributed by atoms with van der Waals surface area (Å²) < 4.78 is 18.8. The fourth-order valence-corrected chi connectivity index (χ4v) is 1.79. The van der Waals surface area contributed by atoms with Crippen LogP contribution in [0.4, 0.5) is 4.39 Å². The third-order valence-corrected chi connectivity index (χ3v) is 2.81. The summed E-state index contributed by atoms with van der Waals surface area (Å²) in [6.07, 6.45) is 0. The number of hydrogen-bond acceptors (Lipinski definition) is 3. The molecule has 0 radical (unpaired) electrons. The molecule has 0 bridgehead atoms. The molecule has 0 aliphatic rings. The molecule has 0 saturated heterocycles. The Hall–Kier alpha value is -2.67. The van der Waals surface area contributed by atoms with E-state index in [0.29, 0.717) is 16.9 Å². The largest absolute Gasteiger partial charge is 0.488 e. The first-order valence-electron chi connectivity index (χ1n) is 6.03. The quantitative estimate of drug-likeness (QED) is 0.798. The van der Waals surface area contributed by atoms with E-state index >= 15 is 0 Å². The Morgan fingerprint density at radius 2 is 2.05 bits per heavy atom. The fourth-order valence-electron chi connectivity index (χ4n) is 1.79. The van der Waals surface area contributed by atoms with Crippen molar-refractivity contribution in [2.75, 3.05) is 0 Å². The maximum atomic E-state index is 13.2. The van der Waals surface area contributed by atoms with Crippen LogP contribution in [0.1, 0.15) is 28.4 Å². The summed E-state index contributed by atoms with van der Waals surface area (Å²) in [5.74, 6) is -0.166. The van der Waals surface area contributed by atoms with Crippen LogP contribution in [-0.4, -0.2) is 5.78 Å². The van der Waals surface area contributed by atoms with Crippen molar-refractivity contribution in [2.45, 2.75) is 13.5 Å². The number of hydrogen-bond donors (Lipinski definition) is 0. The van der Waals surface area contributed by atoms with E-state index in [1.54, 1.807) is 36.4 Å². The molecule has 3 nitrogen and oxygen atoms in total. The van der Waals surface area contributed by atoms with E-state index in [2.05, 4.69) is 0 Å². The van der Waals surface area contributed by atoms with Crippen molar-refractivity contribution in [3.05, 3.63) is 65.0 Å². The van der Waals surface area contributed by atoms with Crippen LogP contribution in [0.5, 0.6) is 5.75 Å². The minimum Gasteiger partial charge on any atom is -0.488 e. The van der Waals surface area contributed by atoms with Crippen molar-refractivity contribution in [3.63, 3.8) is 0 Å². The number of para-hydroxylation sites is 1. The lowest BCUT2D eigenvalue weighted by Crippen LogP contribution is -2.02. The van der Waals surface area contributed by atoms with Crippen molar-refractivity contribution in [1.82, 2.24) is 0 Å². The zero-order chi connectivity index (χ0) is 14.5. The van der Waals surface area contributed by atoms with Crippen LogP contribution in [0.25, 0.3) is 0 Å². The standard InChI is InChI=1S/C16H12FNO2/c1-11(19)14-4-2-3-5-16(14)20-10-12-6-7-15(17)13(8-12)9-18/h2-8H,10H2,1H3. The molecule has 0 spiro atoms. The Kier molecular flexibility index (Phi) is 4.11. The van der Waals surface area contributed by atoms with Crippen LogP contribution in [-0.2, 0) is 6.61 Å². The molecule has 0 N–H and O–H groups in total. The van der Waals surface area contributed by atoms with Crippen LogP contribution >= 0.6 is 0 Å². The molecule has 2 rings (SSSR count). The molecule has 0 atom stereocenters. The smallest absolute Gasteiger partial charge is 0.163 e. The van der Waals surface area contributed by atoms with Gasteiger partial charge >= 0.3 is 0 Å². The van der Waals surface area contributed by atoms with E-state index < -0.39 is 5.82 Å². The summed E-state index contributed by atoms with van der Waals surface area (Å²) in [7, 11) is 0. The highest BCUT2D eigenvalue weighted by Gasteiger charge is 2.08. The Balaban J connectivity index is 2.17. The van der Waals surface area contributed by atoms with E-state index in [9.17, 15) is 9.18 Å². The molecule has 0 saturated carbocycles. The number of Topliss-reactive ketones (excluding diaryl/α,β-unsaturated/α-hetero) is 1. The van der Waals surface area contributed by atoms with E-state index in [-0.39, 0.29) is 18.0 Å². The second-order valence-electron chi connectivity index (χ2n) is 4.27. The van der Waals surface area contributed by atoms with Gasteiger partial charge in [-0.25, -0.2) is 4.39 Å². The first-order chi connectivity index (χ1) is 9.61. The number of carbonyl (C=O) groups excluding carboxylic acids is 1. The van der Waals surface area contributed by atoms with Gasteiger partial charge in [0.15, 0.2) is 5.78 Å². The monoisotopic (exact) mass is 269 g/mol. The number of rotatable bonds is 4. The first kappa shape index (κ1) is 13.8. The summed E-state index contributed by atoms with van der Waals surface area (Å²) in [4.78, 5) is 11.4. The summed E-state index contributed by atoms with van der Waals surface area (Å²) in [6.45, 7) is 1.63. The van der Waals surface area contributed by atoms with Gasteiger partial charge in [-0.1, -0.05) is 18.2 Å². The molecule has 4 heteroatoms. The number of benzene rings is 2. The molecule has 2 aromatic carbocycles. The molecular formula is C16H12FNO2. The summed E-state index contributed by atoms with van der Waals surface area (Å²) in [6, 6.07) is 12.9. The summed E-state index contributed by atoms with van der Waals surface area (Å²) >= 11 is 0. The fraction of sp³-hybridized carbons (Fsp3) is 0.125. The maximum absolute atomic E-state index is 13.2. The van der Waals surface area contributed by atoms with Gasteiger partial charge in [-0.3, -0.25) is 4.79 Å². The SMILES string of the molecule is CC(=O)c1ccccc1OCc1ccc(F)c(C#N)c1. The van der Waals surface area contributed by atoms with Crippen LogP contribution in [0, 0.1) is 17.1 Å². The zero-order valence-electron chi connectivity index (χ0n) is 10.9. The van der Waals surface area contributed by atoms with Crippen molar-refractivity contribution < 1.29 is 13.9 Å². The molecule has 0 aliphatic heterocycles. The molecule has 0 heterocycles. The van der Waals surface area contributed by atoms with Gasteiger partial charge in [-0.15, -0.1) is 0 Å². The van der Waals surface area contributed by atoms with Crippen molar-refractivity contribution in [3.8, 4) is 11.8 Å². The molecular weight excluding hydrogens is 257 g/mol. The average molecular weight is 269 g/mol. The number of halogens is 1. The highest BCUT2D eigenvalue weighted by atomic mass is 19.1. The van der Waals surface area contributed by atoms with Gasteiger partial charge in [0.2, 0.25) is 0 Å². The molecule has 100 valence electrons. The Bertz CT molecular complexity index is 689. The lowest BCUT2D eigenvalue weighted by molar-refractivity contribution is 0.101. The number of carbonyl (C=O) groups is 1. The van der Waals surface area contributed by atoms with Crippen LogP contribution in [0.15, 0.2) is 42.5 Å². The normalized spacial score (nSPS) is 9.85. The minimum atomic E-state index is -0.555. The van der Waals surface area contributed by atoms with Gasteiger partial charge in [0.25, 0.3) is 0 Å². The summed E-state index contributed by atoms with van der Waals surface area (Å²) in [5, 5.41) is 8.77. The topological polar surface area (TPSA) is 50.1 Å². The third kappa shape index (κ3) is 3.01. The highest BCUT2D eigenvalue weighted by Crippen LogP contribution is 2.20. The van der Waals surface area contributed by atoms with Crippen LogP contribution < -0.4 is 4.74 Å². The van der Waals surface area contributed by atoms with E-state index in [4.69, 9.17) is 10.00 Å². The van der Waals surface area contributed by atoms with Crippen LogP contribution in [0.2, 0.25) is 0 Å². The van der Waals surface area contributed by atoms with Crippen molar-refractivity contribution in [2.24, 2.45) is 0 Å². The minimum absolute atomic E-state index is 0.0223. The van der Waals surface area contributed by atoms with Crippen molar-refractivity contribution >= 4 is 5.78 Å². The molecule has 0 amide bonds. The van der Waals surface area contributed by atoms with Gasteiger partial charge in [-0.05, 0) is 36.8 Å². The average Bonchev–Trinajstić information content (AvgIpc) is 2.46. The number of nitrogens with zero attached hydrogens (tertiary/aromatic N) is 1. The molecule has 0 unspecified atom stereocenters. The highest BCUT2D eigenvalue weighted by molar-refractivity contribution is 5.96. The van der Waals surface area contributed by atoms with Gasteiger partial charge in [0, 0.05) is 0 Å². The van der Waals surface area contributed by atoms with E-state index in [1.807, 2.05) is 0 Å². The molecule has 20 heavy (non-hydrogen) atoms. The van der Waals surface area contributed by atoms with Gasteiger partial charge < -0.3 is 4.74 Å². The number of ketones is 1. The Labute approximate surface area is 116 Å². The van der Waals surface area contributed by atoms with E-state index in [0.717, 1.165) is 0 Å². The van der Waals surface area contributed by atoms with Crippen LogP contribution in [0.3, 0.4) is 0 Å². The Morgan fingerprint density at radius 1 is 1.30 bits per heavy atom. The van der Waals surface area contributed by atoms with E-state index in [1.165, 1.54) is 19.1 Å². The predicted molar refractivity (Wildman–Crippen MR) is 71.9 cm³/mol. The zero-order valence-corrected chi connectivity index (χ0v) is 10.9. The molecule has 0 fully saturated rings. The second kappa shape index (κ2) is 5.98. The first-order valence-corrected chi connectivity index (χ1v) is 6.03. The predicted octanol–water partition coefficient (Wildman–Crippen LogP) is 3.48. The number of ether oxygens (including phenoxy) is 1. The number of nitriles is 1. The third-order valence-electron chi connectivity index (χ3n) is 2.81. The van der Waals surface area contributed by atoms with Crippen molar-refractivity contribution in [1.29, 1.82) is 5.26 Å². The maximum Gasteiger partial charge on any atom is 0.163 e. The molecule has 0 aromatic heterocycles. The molecule has 0 aliphatic carbocycles. The second-order valence-corrected chi connectivity index (χ2v) is 4.27. The van der Waals surface area contributed by atoms with Gasteiger partial charge in [0.1, 0.15) is 24.2 Å². The van der Waals surface area contributed by atoms with Gasteiger partial charge in [-0.2, -0.15) is 5.26 Å². The lowest BCUT2D eigenvalue weighted by Gasteiger charge is -2.10. The van der Waals surface area contributed by atoms with Gasteiger partial charge in [0.05, 0.1) is 11.1 Å². The molecule has 2 aromatic rings. The summed E-state index contributed by atoms with van der Waals surface area (Å²) in [5.41, 5.74) is 1.14. The Morgan fingerprint density at radius 3 is 2.75 bits per heavy atom.